The van der Waals surface area contributed by atoms with E-state index in [0.29, 0.717) is 6.42 Å². The second-order valence-electron chi connectivity index (χ2n) is 2.41. The van der Waals surface area contributed by atoms with Gasteiger partial charge in [-0.25, -0.2) is 0 Å². The van der Waals surface area contributed by atoms with Gasteiger partial charge in [0.25, 0.3) is 0 Å². The predicted octanol–water partition coefficient (Wildman–Crippen LogP) is 1.78. The first kappa shape index (κ1) is 13.5. The summed E-state index contributed by atoms with van der Waals surface area (Å²) in [5.74, 6) is 0. The summed E-state index contributed by atoms with van der Waals surface area (Å²) in [6.45, 7) is 4.31. The van der Waals surface area contributed by atoms with E-state index in [2.05, 4.69) is 12.2 Å². The number of hydrogen-bond acceptors (Lipinski definition) is 2. The third kappa shape index (κ3) is 13.0. The number of rotatable bonds is 7. The van der Waals surface area contributed by atoms with E-state index in [4.69, 9.17) is 0 Å². The lowest BCUT2D eigenvalue weighted by atomic mass is 10.2. The lowest BCUT2D eigenvalue weighted by Crippen LogP contribution is -2.15. The van der Waals surface area contributed by atoms with E-state index in [0.717, 1.165) is 32.2 Å². The van der Waals surface area contributed by atoms with Gasteiger partial charge in [0.2, 0.25) is 0 Å². The van der Waals surface area contributed by atoms with Crippen LogP contribution in [0.5, 0.6) is 0 Å². The highest BCUT2D eigenvalue weighted by molar-refractivity contribution is 5.85. The fourth-order valence-corrected chi connectivity index (χ4v) is 0.779. The second-order valence-corrected chi connectivity index (χ2v) is 2.41. The van der Waals surface area contributed by atoms with Crippen LogP contribution in [0.2, 0.25) is 0 Å². The van der Waals surface area contributed by atoms with Crippen molar-refractivity contribution in [3.8, 4) is 0 Å². The summed E-state index contributed by atoms with van der Waals surface area (Å²) in [6, 6.07) is 0. The van der Waals surface area contributed by atoms with Crippen molar-refractivity contribution in [2.75, 3.05) is 13.1 Å². The van der Waals surface area contributed by atoms with E-state index in [9.17, 15) is 4.79 Å². The van der Waals surface area contributed by atoms with E-state index >= 15 is 0 Å². The van der Waals surface area contributed by atoms with Gasteiger partial charge in [0.05, 0.1) is 0 Å². The van der Waals surface area contributed by atoms with Crippen LogP contribution in [0, 0.1) is 0 Å². The topological polar surface area (TPSA) is 29.1 Å². The Bertz CT molecular complexity index is 78.5. The molecule has 2 nitrogen and oxygen atoms in total. The smallest absolute Gasteiger partial charge is 0.119 e. The molecule has 0 aliphatic rings. The van der Waals surface area contributed by atoms with Crippen molar-refractivity contribution in [3.63, 3.8) is 0 Å². The molecule has 1 N–H and O–H groups in total. The van der Waals surface area contributed by atoms with E-state index in [-0.39, 0.29) is 12.4 Å². The van der Waals surface area contributed by atoms with Gasteiger partial charge in [0, 0.05) is 6.42 Å². The highest BCUT2D eigenvalue weighted by Crippen LogP contribution is 1.89. The quantitative estimate of drug-likeness (QED) is 0.477. The molecule has 0 saturated heterocycles. The Morgan fingerprint density at radius 1 is 1.27 bits per heavy atom. The summed E-state index contributed by atoms with van der Waals surface area (Å²) in [5, 5.41) is 3.28. The van der Waals surface area contributed by atoms with Crippen LogP contribution in [0.3, 0.4) is 0 Å². The molecule has 0 rings (SSSR count). The van der Waals surface area contributed by atoms with Gasteiger partial charge in [0.15, 0.2) is 0 Å². The largest absolute Gasteiger partial charge is 0.317 e. The molecule has 0 aromatic carbocycles. The van der Waals surface area contributed by atoms with Crippen molar-refractivity contribution < 1.29 is 4.79 Å². The zero-order valence-electron chi connectivity index (χ0n) is 7.14. The fourth-order valence-electron chi connectivity index (χ4n) is 0.779. The molecule has 3 heteroatoms. The standard InChI is InChI=1S/C8H17NO.ClH/c1-2-6-9-7-4-3-5-8-10;/h8-9H,2-7H2,1H3;1H. The minimum atomic E-state index is 0. The summed E-state index contributed by atoms with van der Waals surface area (Å²) >= 11 is 0. The SMILES string of the molecule is CCCNCCCCC=O.Cl. The van der Waals surface area contributed by atoms with E-state index in [1.165, 1.54) is 6.42 Å². The zero-order chi connectivity index (χ0) is 7.66. The first-order valence-electron chi connectivity index (χ1n) is 4.06. The maximum Gasteiger partial charge on any atom is 0.119 e. The Morgan fingerprint density at radius 3 is 2.55 bits per heavy atom. The Kier molecular flexibility index (Phi) is 15.4. The Morgan fingerprint density at radius 2 is 2.00 bits per heavy atom. The number of carbonyl (C=O) groups excluding carboxylic acids is 1. The average Bonchev–Trinajstić information content (AvgIpc) is 1.97. The van der Waals surface area contributed by atoms with Gasteiger partial charge in [-0.3, -0.25) is 0 Å². The van der Waals surface area contributed by atoms with Crippen molar-refractivity contribution >= 4 is 18.7 Å². The van der Waals surface area contributed by atoms with Gasteiger partial charge < -0.3 is 10.1 Å². The van der Waals surface area contributed by atoms with E-state index in [1.807, 2.05) is 0 Å². The average molecular weight is 180 g/mol. The van der Waals surface area contributed by atoms with E-state index in [1.54, 1.807) is 0 Å². The summed E-state index contributed by atoms with van der Waals surface area (Å²) in [4.78, 5) is 9.87. The van der Waals surface area contributed by atoms with Gasteiger partial charge >= 0.3 is 0 Å². The molecule has 68 valence electrons. The monoisotopic (exact) mass is 179 g/mol. The third-order valence-corrected chi connectivity index (χ3v) is 1.35. The number of aldehydes is 1. The highest BCUT2D eigenvalue weighted by Gasteiger charge is 1.85. The zero-order valence-corrected chi connectivity index (χ0v) is 7.95. The van der Waals surface area contributed by atoms with Crippen LogP contribution < -0.4 is 5.32 Å². The summed E-state index contributed by atoms with van der Waals surface area (Å²) in [5.41, 5.74) is 0. The predicted molar refractivity (Wildman–Crippen MR) is 50.3 cm³/mol. The molecule has 0 unspecified atom stereocenters. The molecule has 0 bridgehead atoms. The molecule has 0 spiro atoms. The van der Waals surface area contributed by atoms with Crippen LogP contribution in [0.15, 0.2) is 0 Å². The molecule has 11 heavy (non-hydrogen) atoms. The third-order valence-electron chi connectivity index (χ3n) is 1.35. The van der Waals surface area contributed by atoms with Crippen LogP contribution in [0.25, 0.3) is 0 Å². The lowest BCUT2D eigenvalue weighted by molar-refractivity contribution is -0.107. The van der Waals surface area contributed by atoms with Gasteiger partial charge in [-0.1, -0.05) is 6.92 Å². The maximum atomic E-state index is 9.87. The van der Waals surface area contributed by atoms with Gasteiger partial charge in [-0.2, -0.15) is 0 Å². The lowest BCUT2D eigenvalue weighted by Gasteiger charge is -1.99. The number of nitrogens with one attached hydrogen (secondary N) is 1. The molecular weight excluding hydrogens is 162 g/mol. The molecule has 0 amide bonds. The van der Waals surface area contributed by atoms with Crippen molar-refractivity contribution in [1.82, 2.24) is 5.32 Å². The van der Waals surface area contributed by atoms with Crippen molar-refractivity contribution in [1.29, 1.82) is 0 Å². The first-order valence-corrected chi connectivity index (χ1v) is 4.06. The minimum absolute atomic E-state index is 0. The molecule has 0 saturated carbocycles. The van der Waals surface area contributed by atoms with Crippen LogP contribution in [-0.4, -0.2) is 19.4 Å². The highest BCUT2D eigenvalue weighted by atomic mass is 35.5. The second kappa shape index (κ2) is 12.6. The maximum absolute atomic E-state index is 9.87. The Hall–Kier alpha value is -0.0800. The van der Waals surface area contributed by atoms with Crippen molar-refractivity contribution in [3.05, 3.63) is 0 Å². The number of unbranched alkanes of at least 4 members (excludes halogenated alkanes) is 2. The van der Waals surface area contributed by atoms with Crippen LogP contribution in [-0.2, 0) is 4.79 Å². The molecule has 0 heterocycles. The summed E-state index contributed by atoms with van der Waals surface area (Å²) in [7, 11) is 0. The van der Waals surface area contributed by atoms with Crippen LogP contribution in [0.4, 0.5) is 0 Å². The molecule has 0 fully saturated rings. The van der Waals surface area contributed by atoms with Gasteiger partial charge in [-0.05, 0) is 32.4 Å². The molecule has 0 aromatic heterocycles. The summed E-state index contributed by atoms with van der Waals surface area (Å²) < 4.78 is 0. The minimum Gasteiger partial charge on any atom is -0.317 e. The molecule has 0 aliphatic heterocycles. The van der Waals surface area contributed by atoms with E-state index < -0.39 is 0 Å². The molecule has 0 atom stereocenters. The fraction of sp³-hybridized carbons (Fsp3) is 0.875. The van der Waals surface area contributed by atoms with Crippen LogP contribution in [0.1, 0.15) is 32.6 Å². The molecule has 0 radical (unpaired) electrons. The molecule has 0 aliphatic carbocycles. The van der Waals surface area contributed by atoms with Crippen molar-refractivity contribution in [2.24, 2.45) is 0 Å². The number of hydrogen-bond donors (Lipinski definition) is 1. The summed E-state index contributed by atoms with van der Waals surface area (Å²) in [6.07, 6.45) is 5.04. The normalized spacial score (nSPS) is 8.82. The molecule has 0 aromatic rings. The van der Waals surface area contributed by atoms with Gasteiger partial charge in [0.1, 0.15) is 6.29 Å². The Labute approximate surface area is 75.2 Å². The van der Waals surface area contributed by atoms with Crippen molar-refractivity contribution in [2.45, 2.75) is 32.6 Å². The Balaban J connectivity index is 0. The first-order chi connectivity index (χ1) is 4.91. The number of halogens is 1. The van der Waals surface area contributed by atoms with Crippen LogP contribution >= 0.6 is 12.4 Å². The van der Waals surface area contributed by atoms with Gasteiger partial charge in [-0.15, -0.1) is 12.4 Å². The molecular formula is C8H18ClNO. The number of carbonyl (C=O) groups is 1.